The Bertz CT molecular complexity index is 3220. The number of hydrogen-bond acceptors (Lipinski definition) is 5. The molecule has 7 rings (SSSR count). The monoisotopic (exact) mass is 1460 g/mol. The zero-order valence-corrected chi connectivity index (χ0v) is 67.6. The third kappa shape index (κ3) is 39.8. The number of rotatable bonds is 61. The number of carbonyl (C=O) groups excluding carboxylic acids is 1. The molecule has 0 aromatic heterocycles. The Kier molecular flexibility index (Phi) is 46.0. The predicted molar refractivity (Wildman–Crippen MR) is 473 cm³/mol. The largest absolute Gasteiger partial charge is 0.494 e. The second-order valence-corrected chi connectivity index (χ2v) is 30.3. The van der Waals surface area contributed by atoms with Crippen LogP contribution in [-0.4, -0.2) is 32.7 Å². The second-order valence-electron chi connectivity index (χ2n) is 30.3. The van der Waals surface area contributed by atoms with Gasteiger partial charge in [0.1, 0.15) is 29.3 Å². The van der Waals surface area contributed by atoms with Crippen molar-refractivity contribution in [2.45, 2.75) is 285 Å². The van der Waals surface area contributed by atoms with Gasteiger partial charge in [-0.2, -0.15) is 0 Å². The van der Waals surface area contributed by atoms with Crippen LogP contribution in [0.4, 0.5) is 0 Å². The van der Waals surface area contributed by atoms with Crippen molar-refractivity contribution in [3.63, 3.8) is 0 Å². The zero-order chi connectivity index (χ0) is 75.6. The lowest BCUT2D eigenvalue weighted by atomic mass is 10.00. The van der Waals surface area contributed by atoms with Crippen LogP contribution in [0.15, 0.2) is 152 Å². The van der Waals surface area contributed by atoms with E-state index < -0.39 is 0 Å². The molecule has 0 amide bonds. The highest BCUT2D eigenvalue weighted by Gasteiger charge is 2.07. The Labute approximate surface area is 657 Å². The van der Waals surface area contributed by atoms with E-state index in [1.54, 1.807) is 0 Å². The standard InChI is InChI=1S/C103H138O5/c1-5-9-13-17-21-25-29-33-37-41-73-105-100-65-57-87(58-66-100)45-49-91-77-92(50-46-88-59-67-101(68-60-88)106-74-42-38-34-30-26-22-18-14-10-6-2)80-95(79-91)53-55-97-83-98(85-99(84-97)86-104)56-54-96-81-93(51-47-89-61-69-102(70-62-89)107-75-43-39-35-31-27-23-19-15-11-7-3)78-94(82-96)52-48-90-63-71-103(72-64-90)108-76-44-40-36-32-28-24-20-16-12-8-4/h45-72,77-86H,5-44,73-76H2,1-4H3/b49-45+,50-46+,51-47+,52-48+,55-53+,56-54+. The van der Waals surface area contributed by atoms with Gasteiger partial charge in [-0.25, -0.2) is 0 Å². The van der Waals surface area contributed by atoms with Crippen molar-refractivity contribution in [3.05, 3.63) is 224 Å². The molecule has 0 saturated heterocycles. The first kappa shape index (κ1) is 87.1. The minimum absolute atomic E-state index is 0.619. The number of aldehydes is 1. The summed E-state index contributed by atoms with van der Waals surface area (Å²) < 4.78 is 24.7. The molecule has 0 unspecified atom stereocenters. The summed E-state index contributed by atoms with van der Waals surface area (Å²) in [5, 5.41) is 0. The summed E-state index contributed by atoms with van der Waals surface area (Å²) >= 11 is 0. The van der Waals surface area contributed by atoms with Crippen LogP contribution in [-0.2, 0) is 0 Å². The number of unbranched alkanes of at least 4 members (excludes halogenated alkanes) is 36. The zero-order valence-electron chi connectivity index (χ0n) is 67.6. The first-order chi connectivity index (χ1) is 53.4. The Balaban J connectivity index is 1.04. The summed E-state index contributed by atoms with van der Waals surface area (Å²) in [4.78, 5) is 12.7. The van der Waals surface area contributed by atoms with Gasteiger partial charge in [0.25, 0.3) is 0 Å². The van der Waals surface area contributed by atoms with E-state index in [4.69, 9.17) is 18.9 Å². The van der Waals surface area contributed by atoms with Gasteiger partial charge >= 0.3 is 0 Å². The molecule has 7 aromatic carbocycles. The van der Waals surface area contributed by atoms with Gasteiger partial charge in [0.2, 0.25) is 0 Å². The lowest BCUT2D eigenvalue weighted by Crippen LogP contribution is -1.97. The van der Waals surface area contributed by atoms with Gasteiger partial charge in [0, 0.05) is 5.56 Å². The fourth-order valence-corrected chi connectivity index (χ4v) is 13.9. The minimum atomic E-state index is 0.619. The topological polar surface area (TPSA) is 54.0 Å². The number of benzene rings is 7. The quantitative estimate of drug-likeness (QED) is 0.0216. The molecule has 0 N–H and O–H groups in total. The average Bonchev–Trinajstić information content (AvgIpc) is 0.845. The van der Waals surface area contributed by atoms with Crippen molar-refractivity contribution < 1.29 is 23.7 Å². The molecule has 5 heteroatoms. The normalized spacial score (nSPS) is 11.9. The molecule has 5 nitrogen and oxygen atoms in total. The number of ether oxygens (including phenoxy) is 4. The first-order valence-electron chi connectivity index (χ1n) is 43.3. The third-order valence-corrected chi connectivity index (χ3v) is 20.5. The molecule has 0 saturated carbocycles. The molecule has 0 fully saturated rings. The number of carbonyl (C=O) groups is 1. The molecule has 0 aliphatic rings. The molecule has 0 aliphatic carbocycles. The van der Waals surface area contributed by atoms with Crippen molar-refractivity contribution >= 4 is 79.2 Å². The van der Waals surface area contributed by atoms with Crippen LogP contribution in [0.25, 0.3) is 72.9 Å². The van der Waals surface area contributed by atoms with E-state index in [1.807, 2.05) is 12.1 Å². The molecule has 580 valence electrons. The highest BCUT2D eigenvalue weighted by atomic mass is 16.5. The highest BCUT2D eigenvalue weighted by Crippen LogP contribution is 2.27. The molecule has 0 bridgehead atoms. The van der Waals surface area contributed by atoms with E-state index >= 15 is 0 Å². The Hall–Kier alpha value is -8.15. The predicted octanol–water partition coefficient (Wildman–Crippen LogP) is 31.7. The van der Waals surface area contributed by atoms with E-state index in [1.165, 1.54) is 231 Å². The summed E-state index contributed by atoms with van der Waals surface area (Å²) in [6.07, 6.45) is 79.4. The molecule has 0 atom stereocenters. The summed E-state index contributed by atoms with van der Waals surface area (Å²) in [5.41, 5.74) is 13.4. The fraction of sp³-hybridized carbons (Fsp3) is 0.466. The van der Waals surface area contributed by atoms with Gasteiger partial charge in [-0.15, -0.1) is 0 Å². The van der Waals surface area contributed by atoms with Crippen molar-refractivity contribution in [1.29, 1.82) is 0 Å². The highest BCUT2D eigenvalue weighted by molar-refractivity contribution is 5.85. The van der Waals surface area contributed by atoms with Gasteiger partial charge < -0.3 is 18.9 Å². The molecule has 0 heterocycles. The number of hydrogen-bond donors (Lipinski definition) is 0. The molecule has 0 aliphatic heterocycles. The third-order valence-electron chi connectivity index (χ3n) is 20.5. The molecular formula is C103H138O5. The van der Waals surface area contributed by atoms with Crippen molar-refractivity contribution in [2.75, 3.05) is 26.4 Å². The first-order valence-corrected chi connectivity index (χ1v) is 43.3. The Morgan fingerprint density at radius 2 is 0.315 bits per heavy atom. The van der Waals surface area contributed by atoms with E-state index in [-0.39, 0.29) is 0 Å². The van der Waals surface area contributed by atoms with Crippen LogP contribution in [0.1, 0.15) is 362 Å². The van der Waals surface area contributed by atoms with Gasteiger partial charge in [0.05, 0.1) is 26.4 Å². The van der Waals surface area contributed by atoms with Crippen LogP contribution >= 0.6 is 0 Å². The summed E-state index contributed by atoms with van der Waals surface area (Å²) in [6.45, 7) is 12.1. The van der Waals surface area contributed by atoms with Crippen molar-refractivity contribution in [2.24, 2.45) is 0 Å². The smallest absolute Gasteiger partial charge is 0.150 e. The fourth-order valence-electron chi connectivity index (χ4n) is 13.9. The van der Waals surface area contributed by atoms with Crippen LogP contribution < -0.4 is 18.9 Å². The van der Waals surface area contributed by atoms with Crippen molar-refractivity contribution in [3.8, 4) is 23.0 Å². The molecular weight excluding hydrogens is 1320 g/mol. The summed E-state index contributed by atoms with van der Waals surface area (Å²) in [7, 11) is 0. The van der Waals surface area contributed by atoms with Crippen LogP contribution in [0.5, 0.6) is 23.0 Å². The van der Waals surface area contributed by atoms with E-state index in [9.17, 15) is 4.79 Å². The molecule has 7 aromatic rings. The van der Waals surface area contributed by atoms with Gasteiger partial charge in [-0.3, -0.25) is 4.79 Å². The average molecular weight is 1460 g/mol. The van der Waals surface area contributed by atoms with Gasteiger partial charge in [0.15, 0.2) is 0 Å². The van der Waals surface area contributed by atoms with E-state index in [0.29, 0.717) is 5.56 Å². The maximum Gasteiger partial charge on any atom is 0.150 e. The SMILES string of the molecule is CCCCCCCCCCCCOc1ccc(/C=C/c2cc(/C=C/c3ccc(OCCCCCCCCCCCC)cc3)cc(/C=C/c3cc(C=O)cc(/C=C/c4cc(/C=C/c5ccc(OCCCCCCCCCCCC)cc5)cc(/C=C/c5ccc(OCCCCCCCCCCCC)cc5)c4)c3)c2)cc1. The second kappa shape index (κ2) is 57.0. The maximum atomic E-state index is 12.7. The summed E-state index contributed by atoms with van der Waals surface area (Å²) in [5.74, 6) is 3.67. The molecule has 0 spiro atoms. The maximum absolute atomic E-state index is 12.7. The summed E-state index contributed by atoms with van der Waals surface area (Å²) in [6, 6.07) is 53.3. The molecule has 108 heavy (non-hydrogen) atoms. The van der Waals surface area contributed by atoms with Crippen LogP contribution in [0.2, 0.25) is 0 Å². The lowest BCUT2D eigenvalue weighted by Gasteiger charge is -2.07. The van der Waals surface area contributed by atoms with Crippen LogP contribution in [0.3, 0.4) is 0 Å². The van der Waals surface area contributed by atoms with E-state index in [0.717, 1.165) is 148 Å². The molecule has 0 radical (unpaired) electrons. The Morgan fingerprint density at radius 1 is 0.176 bits per heavy atom. The van der Waals surface area contributed by atoms with Gasteiger partial charge in [-0.05, 0) is 196 Å². The minimum Gasteiger partial charge on any atom is -0.494 e. The Morgan fingerprint density at radius 3 is 0.472 bits per heavy atom. The van der Waals surface area contributed by atoms with E-state index in [2.05, 4.69) is 240 Å². The lowest BCUT2D eigenvalue weighted by molar-refractivity contribution is 0.112. The van der Waals surface area contributed by atoms with Crippen LogP contribution in [0, 0.1) is 0 Å². The van der Waals surface area contributed by atoms with Crippen molar-refractivity contribution in [1.82, 2.24) is 0 Å². The van der Waals surface area contributed by atoms with Gasteiger partial charge in [-0.1, -0.05) is 380 Å².